The molecule has 350 valence electrons. The molecule has 0 fully saturated rings. The van der Waals surface area contributed by atoms with E-state index >= 15 is 0 Å². The highest BCUT2D eigenvalue weighted by Crippen LogP contribution is 2.56. The molecule has 11 aromatic carbocycles. The van der Waals surface area contributed by atoms with Crippen molar-refractivity contribution in [1.82, 2.24) is 8.80 Å². The van der Waals surface area contributed by atoms with Crippen molar-refractivity contribution in [2.45, 2.75) is 27.7 Å². The van der Waals surface area contributed by atoms with Gasteiger partial charge in [0, 0.05) is 77.0 Å². The molecule has 0 atom stereocenters. The van der Waals surface area contributed by atoms with Gasteiger partial charge in [0.1, 0.15) is 0 Å². The third-order valence-corrected chi connectivity index (χ3v) is 16.1. The van der Waals surface area contributed by atoms with Crippen LogP contribution in [0.25, 0.3) is 98.4 Å². The SMILES string of the molecule is Cc1ccc(N(c2ccccc2)c2cccc3c2c2cccc4c5c(-c6ccccc6)c6c(c(-c7ccccc7)c5n3c24)c2cccc3c4c(N(c5ccccc5)c5ccc(C)c(C)c5)cccc4n6c32)cc1C. The second-order valence-electron chi connectivity index (χ2n) is 20.2. The van der Waals surface area contributed by atoms with E-state index in [1.807, 2.05) is 0 Å². The van der Waals surface area contributed by atoms with E-state index in [9.17, 15) is 0 Å². The number of hydrogen-bond acceptors (Lipinski definition) is 2. The van der Waals surface area contributed by atoms with E-state index in [0.717, 1.165) is 34.1 Å². The minimum Gasteiger partial charge on any atom is -0.310 e. The van der Waals surface area contributed by atoms with Gasteiger partial charge < -0.3 is 18.6 Å². The first-order valence-corrected chi connectivity index (χ1v) is 25.8. The summed E-state index contributed by atoms with van der Waals surface area (Å²) < 4.78 is 5.26. The molecule has 0 spiro atoms. The molecule has 4 heterocycles. The zero-order valence-electron chi connectivity index (χ0n) is 41.7. The molecule has 0 aliphatic carbocycles. The summed E-state index contributed by atoms with van der Waals surface area (Å²) in [6.45, 7) is 8.82. The first kappa shape index (κ1) is 42.3. The van der Waals surface area contributed by atoms with Crippen LogP contribution in [0, 0.1) is 27.7 Å². The van der Waals surface area contributed by atoms with Gasteiger partial charge in [-0.15, -0.1) is 0 Å². The van der Waals surface area contributed by atoms with Crippen LogP contribution in [-0.4, -0.2) is 8.80 Å². The molecule has 15 aromatic rings. The van der Waals surface area contributed by atoms with Crippen molar-refractivity contribution in [1.29, 1.82) is 0 Å². The van der Waals surface area contributed by atoms with Crippen LogP contribution in [-0.2, 0) is 0 Å². The molecule has 0 radical (unpaired) electrons. The lowest BCUT2D eigenvalue weighted by Crippen LogP contribution is -2.10. The second-order valence-corrected chi connectivity index (χ2v) is 20.2. The summed E-state index contributed by atoms with van der Waals surface area (Å²) in [5.74, 6) is 0. The predicted molar refractivity (Wildman–Crippen MR) is 315 cm³/mol. The number of fused-ring (bicyclic) bond motifs is 12. The lowest BCUT2D eigenvalue weighted by atomic mass is 9.89. The van der Waals surface area contributed by atoms with Gasteiger partial charge in [0.05, 0.1) is 44.5 Å². The van der Waals surface area contributed by atoms with Crippen LogP contribution in [0.2, 0.25) is 0 Å². The molecule has 74 heavy (non-hydrogen) atoms. The molecule has 15 rings (SSSR count). The van der Waals surface area contributed by atoms with Gasteiger partial charge in [-0.3, -0.25) is 0 Å². The predicted octanol–water partition coefficient (Wildman–Crippen LogP) is 19.5. The summed E-state index contributed by atoms with van der Waals surface area (Å²) in [6, 6.07) is 85.7. The smallest absolute Gasteiger partial charge is 0.0634 e. The topological polar surface area (TPSA) is 15.3 Å². The van der Waals surface area contributed by atoms with E-state index in [0.29, 0.717) is 0 Å². The average Bonchev–Trinajstić information content (AvgIpc) is 4.28. The van der Waals surface area contributed by atoms with Gasteiger partial charge in [0.25, 0.3) is 0 Å². The summed E-state index contributed by atoms with van der Waals surface area (Å²) in [6.07, 6.45) is 0. The van der Waals surface area contributed by atoms with Gasteiger partial charge in [0.15, 0.2) is 0 Å². The number of rotatable bonds is 8. The molecule has 0 saturated heterocycles. The average molecular weight is 947 g/mol. The standard InChI is InChI=1S/C70H50N4/c1-43-37-39-51(41-45(43)3)71(49-25-13-7-14-26-49)57-33-19-35-59-63(57)53-29-17-31-55-65-62(48-23-11-6-12-24-48)70-66(61(47-21-9-5-10-22-47)69(65)73(59)67(53)55)56-32-18-30-54-64-58(34-20-36-60(64)74(70)68(54)56)72(50-27-15-8-16-28-50)52-40-38-44(2)46(4)42-52/h5-42H,1-4H3. The van der Waals surface area contributed by atoms with E-state index in [2.05, 4.69) is 277 Å². The molecule has 4 nitrogen and oxygen atoms in total. The first-order valence-electron chi connectivity index (χ1n) is 25.8. The van der Waals surface area contributed by atoms with Gasteiger partial charge in [-0.25, -0.2) is 0 Å². The Bertz CT molecular complexity index is 4380. The molecule has 4 aromatic heterocycles. The Morgan fingerprint density at radius 3 is 1.00 bits per heavy atom. The first-order chi connectivity index (χ1) is 36.4. The van der Waals surface area contributed by atoms with E-state index in [4.69, 9.17) is 0 Å². The quantitative estimate of drug-likeness (QED) is 0.151. The Balaban J connectivity index is 1.14. The third-order valence-electron chi connectivity index (χ3n) is 16.1. The Kier molecular flexibility index (Phi) is 9.19. The molecule has 0 bridgehead atoms. The maximum Gasteiger partial charge on any atom is 0.0634 e. The monoisotopic (exact) mass is 946 g/mol. The molecular formula is C70H50N4. The van der Waals surface area contributed by atoms with Gasteiger partial charge in [-0.2, -0.15) is 0 Å². The fraction of sp³-hybridized carbons (Fsp3) is 0.0571. The molecule has 0 saturated carbocycles. The summed E-state index contributed by atoms with van der Waals surface area (Å²) >= 11 is 0. The van der Waals surface area contributed by atoms with Crippen molar-refractivity contribution < 1.29 is 0 Å². The van der Waals surface area contributed by atoms with Crippen LogP contribution in [0.5, 0.6) is 0 Å². The highest BCUT2D eigenvalue weighted by Gasteiger charge is 2.32. The maximum absolute atomic E-state index is 2.63. The summed E-state index contributed by atoms with van der Waals surface area (Å²) in [7, 11) is 0. The van der Waals surface area contributed by atoms with E-state index < -0.39 is 0 Å². The van der Waals surface area contributed by atoms with Crippen LogP contribution in [0.1, 0.15) is 22.3 Å². The second kappa shape index (κ2) is 16.1. The van der Waals surface area contributed by atoms with E-state index in [1.165, 1.54) is 121 Å². The molecular weight excluding hydrogens is 897 g/mol. The Morgan fingerprint density at radius 2 is 0.622 bits per heavy atom. The number of nitrogens with zero attached hydrogens (tertiary/aromatic N) is 4. The third kappa shape index (κ3) is 5.91. The number of aryl methyl sites for hydroxylation is 4. The fourth-order valence-electron chi connectivity index (χ4n) is 12.6. The highest BCUT2D eigenvalue weighted by molar-refractivity contribution is 6.39. The number of aromatic nitrogens is 2. The van der Waals surface area contributed by atoms with Crippen molar-refractivity contribution in [2.75, 3.05) is 9.80 Å². The van der Waals surface area contributed by atoms with Crippen LogP contribution < -0.4 is 9.80 Å². The Morgan fingerprint density at radius 1 is 0.270 bits per heavy atom. The van der Waals surface area contributed by atoms with Crippen LogP contribution >= 0.6 is 0 Å². The van der Waals surface area contributed by atoms with Crippen molar-refractivity contribution in [3.8, 4) is 22.3 Å². The van der Waals surface area contributed by atoms with Gasteiger partial charge in [0.2, 0.25) is 0 Å². The van der Waals surface area contributed by atoms with Gasteiger partial charge in [-0.05, 0) is 134 Å². The number of anilines is 6. The van der Waals surface area contributed by atoms with E-state index in [1.54, 1.807) is 0 Å². The largest absolute Gasteiger partial charge is 0.310 e. The lowest BCUT2D eigenvalue weighted by Gasteiger charge is -2.27. The lowest BCUT2D eigenvalue weighted by molar-refractivity contribution is 1.26. The normalized spacial score (nSPS) is 12.1. The van der Waals surface area contributed by atoms with Crippen molar-refractivity contribution in [2.24, 2.45) is 0 Å². The molecule has 4 heteroatoms. The molecule has 0 amide bonds. The zero-order chi connectivity index (χ0) is 49.3. The fourth-order valence-corrected chi connectivity index (χ4v) is 12.6. The highest BCUT2D eigenvalue weighted by atomic mass is 15.2. The number of benzene rings is 11. The minimum atomic E-state index is 1.12. The summed E-state index contributed by atoms with van der Waals surface area (Å²) in [5, 5.41) is 9.94. The molecule has 0 unspecified atom stereocenters. The van der Waals surface area contributed by atoms with Crippen LogP contribution in [0.3, 0.4) is 0 Å². The van der Waals surface area contributed by atoms with E-state index in [-0.39, 0.29) is 0 Å². The summed E-state index contributed by atoms with van der Waals surface area (Å²) in [5.41, 5.74) is 24.1. The molecule has 0 aliphatic rings. The van der Waals surface area contributed by atoms with Crippen molar-refractivity contribution in [3.05, 3.63) is 253 Å². The Hall–Kier alpha value is -9.38. The van der Waals surface area contributed by atoms with Crippen molar-refractivity contribution >= 4 is 110 Å². The van der Waals surface area contributed by atoms with Crippen LogP contribution in [0.4, 0.5) is 34.1 Å². The maximum atomic E-state index is 2.63. The van der Waals surface area contributed by atoms with Crippen molar-refractivity contribution in [3.63, 3.8) is 0 Å². The van der Waals surface area contributed by atoms with Gasteiger partial charge in [-0.1, -0.05) is 158 Å². The number of hydrogen-bond donors (Lipinski definition) is 0. The summed E-state index contributed by atoms with van der Waals surface area (Å²) in [4.78, 5) is 4.91. The minimum absolute atomic E-state index is 1.12. The van der Waals surface area contributed by atoms with Crippen LogP contribution in [0.15, 0.2) is 231 Å². The molecule has 0 N–H and O–H groups in total. The zero-order valence-corrected chi connectivity index (χ0v) is 41.7. The number of para-hydroxylation sites is 4. The van der Waals surface area contributed by atoms with Gasteiger partial charge >= 0.3 is 0 Å². The molecule has 0 aliphatic heterocycles. The Labute approximate surface area is 429 Å².